The molecule has 0 saturated carbocycles. The van der Waals surface area contributed by atoms with Gasteiger partial charge in [0.1, 0.15) is 0 Å². The molecule has 0 unspecified atom stereocenters. The molecule has 0 heterocycles. The van der Waals surface area contributed by atoms with Crippen molar-refractivity contribution in [1.29, 1.82) is 0 Å². The Morgan fingerprint density at radius 2 is 1.44 bits per heavy atom. The van der Waals surface area contributed by atoms with E-state index < -0.39 is 0 Å². The van der Waals surface area contributed by atoms with E-state index in [4.69, 9.17) is 11.6 Å². The van der Waals surface area contributed by atoms with Gasteiger partial charge in [0.15, 0.2) is 0 Å². The third-order valence-corrected chi connectivity index (χ3v) is 3.32. The first kappa shape index (κ1) is 11.2. The molecule has 0 aliphatic heterocycles. The summed E-state index contributed by atoms with van der Waals surface area (Å²) in [5, 5.41) is 0.786. The molecule has 0 fully saturated rings. The van der Waals surface area contributed by atoms with Gasteiger partial charge < -0.3 is 0 Å². The van der Waals surface area contributed by atoms with Crippen molar-refractivity contribution in [3.8, 4) is 11.1 Å². The summed E-state index contributed by atoms with van der Waals surface area (Å²) in [7, 11) is 0. The highest BCUT2D eigenvalue weighted by Gasteiger charge is 2.03. The fourth-order valence-electron chi connectivity index (χ4n) is 1.87. The first-order valence-electron chi connectivity index (χ1n) is 5.42. The molecule has 0 aromatic heterocycles. The summed E-state index contributed by atoms with van der Waals surface area (Å²) in [6.07, 6.45) is 0. The molecule has 0 saturated heterocycles. The molecule has 0 bridgehead atoms. The minimum atomic E-state index is 0.786. The maximum Gasteiger partial charge on any atom is 0.0412 e. The summed E-state index contributed by atoms with van der Waals surface area (Å²) in [6, 6.07) is 12.4. The summed E-state index contributed by atoms with van der Waals surface area (Å²) >= 11 is 6.01. The molecule has 0 aliphatic carbocycles. The fraction of sp³-hybridized carbons (Fsp3) is 0.200. The van der Waals surface area contributed by atoms with Gasteiger partial charge in [0, 0.05) is 5.02 Å². The van der Waals surface area contributed by atoms with E-state index >= 15 is 0 Å². The molecule has 2 rings (SSSR count). The summed E-state index contributed by atoms with van der Waals surface area (Å²) in [5.74, 6) is 0. The fourth-order valence-corrected chi connectivity index (χ4v) is 2.06. The number of hydrogen-bond donors (Lipinski definition) is 0. The Morgan fingerprint density at radius 1 is 0.812 bits per heavy atom. The Kier molecular flexibility index (Phi) is 3.02. The monoisotopic (exact) mass is 230 g/mol. The van der Waals surface area contributed by atoms with Crippen molar-refractivity contribution in [3.05, 3.63) is 58.1 Å². The van der Waals surface area contributed by atoms with E-state index in [1.54, 1.807) is 0 Å². The quantitative estimate of drug-likeness (QED) is 0.652. The van der Waals surface area contributed by atoms with Crippen LogP contribution in [0.3, 0.4) is 0 Å². The van der Waals surface area contributed by atoms with E-state index in [1.807, 2.05) is 18.2 Å². The molecular formula is C15H15Cl. The number of aryl methyl sites for hydroxylation is 2. The van der Waals surface area contributed by atoms with Gasteiger partial charge in [-0.25, -0.2) is 0 Å². The number of rotatable bonds is 1. The van der Waals surface area contributed by atoms with Gasteiger partial charge in [-0.05, 0) is 60.7 Å². The Hall–Kier alpha value is -1.27. The molecule has 1 heteroatoms. The largest absolute Gasteiger partial charge is 0.0843 e. The predicted molar refractivity (Wildman–Crippen MR) is 71.1 cm³/mol. The lowest BCUT2D eigenvalue weighted by molar-refractivity contribution is 1.27. The lowest BCUT2D eigenvalue weighted by Gasteiger charge is -2.09. The van der Waals surface area contributed by atoms with E-state index in [-0.39, 0.29) is 0 Å². The molecule has 0 N–H and O–H groups in total. The Bertz CT molecular complexity index is 504. The lowest BCUT2D eigenvalue weighted by atomic mass is 9.96. The number of hydrogen-bond acceptors (Lipinski definition) is 0. The Labute approximate surface area is 102 Å². The molecule has 0 spiro atoms. The van der Waals surface area contributed by atoms with Gasteiger partial charge in [0.2, 0.25) is 0 Å². The SMILES string of the molecule is Cc1cc(-c2cccc(Cl)c2)cc(C)c1C. The highest BCUT2D eigenvalue weighted by molar-refractivity contribution is 6.30. The van der Waals surface area contributed by atoms with Crippen molar-refractivity contribution in [3.63, 3.8) is 0 Å². The smallest absolute Gasteiger partial charge is 0.0412 e. The van der Waals surface area contributed by atoms with Crippen LogP contribution in [0.25, 0.3) is 11.1 Å². The normalized spacial score (nSPS) is 10.5. The van der Waals surface area contributed by atoms with Crippen LogP contribution in [-0.4, -0.2) is 0 Å². The van der Waals surface area contributed by atoms with Crippen LogP contribution in [0.5, 0.6) is 0 Å². The van der Waals surface area contributed by atoms with Crippen LogP contribution < -0.4 is 0 Å². The highest BCUT2D eigenvalue weighted by Crippen LogP contribution is 2.26. The van der Waals surface area contributed by atoms with Crippen molar-refractivity contribution in [2.45, 2.75) is 20.8 Å². The van der Waals surface area contributed by atoms with E-state index in [0.717, 1.165) is 5.02 Å². The zero-order valence-electron chi connectivity index (χ0n) is 9.84. The lowest BCUT2D eigenvalue weighted by Crippen LogP contribution is -1.88. The molecule has 0 nitrogen and oxygen atoms in total. The van der Waals surface area contributed by atoms with Gasteiger partial charge in [-0.15, -0.1) is 0 Å². The molecule has 2 aromatic rings. The zero-order chi connectivity index (χ0) is 11.7. The van der Waals surface area contributed by atoms with Gasteiger partial charge in [-0.2, -0.15) is 0 Å². The van der Waals surface area contributed by atoms with Crippen LogP contribution >= 0.6 is 11.6 Å². The minimum Gasteiger partial charge on any atom is -0.0843 e. The van der Waals surface area contributed by atoms with Crippen molar-refractivity contribution in [2.24, 2.45) is 0 Å². The molecule has 0 aliphatic rings. The summed E-state index contributed by atoms with van der Waals surface area (Å²) in [6.45, 7) is 6.46. The molecule has 0 radical (unpaired) electrons. The summed E-state index contributed by atoms with van der Waals surface area (Å²) < 4.78 is 0. The maximum absolute atomic E-state index is 6.01. The van der Waals surface area contributed by atoms with Crippen molar-refractivity contribution >= 4 is 11.6 Å². The Morgan fingerprint density at radius 3 is 2.00 bits per heavy atom. The van der Waals surface area contributed by atoms with Crippen LogP contribution in [0.2, 0.25) is 5.02 Å². The first-order chi connectivity index (χ1) is 7.58. The molecule has 0 amide bonds. The minimum absolute atomic E-state index is 0.786. The average Bonchev–Trinajstić information content (AvgIpc) is 2.25. The Balaban J connectivity index is 2.57. The van der Waals surface area contributed by atoms with Gasteiger partial charge in [-0.3, -0.25) is 0 Å². The standard InChI is InChI=1S/C15H15Cl/c1-10-7-14(8-11(2)12(10)3)13-5-4-6-15(16)9-13/h4-9H,1-3H3. The first-order valence-corrected chi connectivity index (χ1v) is 5.79. The highest BCUT2D eigenvalue weighted by atomic mass is 35.5. The zero-order valence-corrected chi connectivity index (χ0v) is 10.6. The summed E-state index contributed by atoms with van der Waals surface area (Å²) in [4.78, 5) is 0. The van der Waals surface area contributed by atoms with Crippen LogP contribution in [0.15, 0.2) is 36.4 Å². The summed E-state index contributed by atoms with van der Waals surface area (Å²) in [5.41, 5.74) is 6.44. The van der Waals surface area contributed by atoms with Crippen molar-refractivity contribution in [2.75, 3.05) is 0 Å². The second kappa shape index (κ2) is 4.31. The third-order valence-electron chi connectivity index (χ3n) is 3.08. The topological polar surface area (TPSA) is 0 Å². The second-order valence-electron chi connectivity index (χ2n) is 4.25. The predicted octanol–water partition coefficient (Wildman–Crippen LogP) is 4.93. The van der Waals surface area contributed by atoms with Crippen LogP contribution in [-0.2, 0) is 0 Å². The van der Waals surface area contributed by atoms with Gasteiger partial charge in [-0.1, -0.05) is 35.9 Å². The van der Waals surface area contributed by atoms with Crippen LogP contribution in [0.1, 0.15) is 16.7 Å². The third kappa shape index (κ3) is 2.12. The maximum atomic E-state index is 6.01. The van der Waals surface area contributed by atoms with E-state index in [0.29, 0.717) is 0 Å². The molecule has 82 valence electrons. The molecule has 16 heavy (non-hydrogen) atoms. The number of benzene rings is 2. The van der Waals surface area contributed by atoms with Crippen LogP contribution in [0, 0.1) is 20.8 Å². The van der Waals surface area contributed by atoms with Crippen molar-refractivity contribution in [1.82, 2.24) is 0 Å². The molecular weight excluding hydrogens is 216 g/mol. The van der Waals surface area contributed by atoms with Crippen molar-refractivity contribution < 1.29 is 0 Å². The van der Waals surface area contributed by atoms with E-state index in [1.165, 1.54) is 27.8 Å². The van der Waals surface area contributed by atoms with E-state index in [9.17, 15) is 0 Å². The number of halogens is 1. The van der Waals surface area contributed by atoms with Gasteiger partial charge in [0.05, 0.1) is 0 Å². The van der Waals surface area contributed by atoms with Gasteiger partial charge >= 0.3 is 0 Å². The van der Waals surface area contributed by atoms with Crippen LogP contribution in [0.4, 0.5) is 0 Å². The van der Waals surface area contributed by atoms with E-state index in [2.05, 4.69) is 39.0 Å². The van der Waals surface area contributed by atoms with Gasteiger partial charge in [0.25, 0.3) is 0 Å². The average molecular weight is 231 g/mol. The second-order valence-corrected chi connectivity index (χ2v) is 4.68. The molecule has 2 aromatic carbocycles. The molecule has 0 atom stereocenters.